The third-order valence-corrected chi connectivity index (χ3v) is 3.45. The molecule has 0 aromatic heterocycles. The molecule has 1 saturated carbocycles. The summed E-state index contributed by atoms with van der Waals surface area (Å²) in [6.07, 6.45) is 0. The highest BCUT2D eigenvalue weighted by Gasteiger charge is 2.62. The minimum Gasteiger partial charge on any atom is -0.356 e. The average Bonchev–Trinajstić information content (AvgIpc) is 2.16. The van der Waals surface area contributed by atoms with E-state index in [0.717, 1.165) is 0 Å². The van der Waals surface area contributed by atoms with Crippen molar-refractivity contribution < 1.29 is 9.53 Å². The van der Waals surface area contributed by atoms with E-state index >= 15 is 0 Å². The molecule has 1 aliphatic carbocycles. The molecular weight excluding hydrogens is 204 g/mol. The molecule has 92 valence electrons. The molecule has 0 unspecified atom stereocenters. The van der Waals surface area contributed by atoms with Gasteiger partial charge in [0.15, 0.2) is 5.72 Å². The molecule has 0 bridgehead atoms. The molecule has 4 heteroatoms. The Balaban J connectivity index is 2.87. The molecule has 4 nitrogen and oxygen atoms in total. The number of methoxy groups -OCH3 is 1. The van der Waals surface area contributed by atoms with Gasteiger partial charge in [0.25, 0.3) is 0 Å². The Labute approximate surface area is 97.5 Å². The Morgan fingerprint density at radius 1 is 1.19 bits per heavy atom. The van der Waals surface area contributed by atoms with Gasteiger partial charge in [0.05, 0.1) is 6.04 Å². The van der Waals surface area contributed by atoms with Crippen molar-refractivity contribution in [1.82, 2.24) is 0 Å². The van der Waals surface area contributed by atoms with Gasteiger partial charge >= 0.3 is 0 Å². The van der Waals surface area contributed by atoms with Gasteiger partial charge in [-0.05, 0) is 13.8 Å². The van der Waals surface area contributed by atoms with Gasteiger partial charge in [0.2, 0.25) is 0 Å². The predicted molar refractivity (Wildman–Crippen MR) is 62.3 cm³/mol. The summed E-state index contributed by atoms with van der Waals surface area (Å²) in [5, 5.41) is 8.48. The SMILES string of the molecule is COC(C)(C)N=NC1C(C)(C)C(=O)C1(C)C. The third-order valence-electron chi connectivity index (χ3n) is 3.45. The molecule has 16 heavy (non-hydrogen) atoms. The van der Waals surface area contributed by atoms with Crippen LogP contribution in [0.5, 0.6) is 0 Å². The van der Waals surface area contributed by atoms with E-state index < -0.39 is 16.6 Å². The van der Waals surface area contributed by atoms with Crippen LogP contribution in [-0.2, 0) is 9.53 Å². The summed E-state index contributed by atoms with van der Waals surface area (Å²) in [5.41, 5.74) is -1.43. The summed E-state index contributed by atoms with van der Waals surface area (Å²) in [7, 11) is 1.60. The highest BCUT2D eigenvalue weighted by Crippen LogP contribution is 2.52. The number of Topliss-reactive ketones (excluding diaryl/α,β-unsaturated/α-hetero) is 1. The summed E-state index contributed by atoms with van der Waals surface area (Å²) < 4.78 is 5.17. The fourth-order valence-electron chi connectivity index (χ4n) is 2.43. The Hall–Kier alpha value is -0.770. The zero-order chi connectivity index (χ0) is 12.8. The van der Waals surface area contributed by atoms with E-state index in [9.17, 15) is 4.79 Å². The molecule has 0 heterocycles. The standard InChI is InChI=1S/C12H22N2O2/c1-10(2)8(11(3,4)9(10)15)13-14-12(5,6)16-7/h8H,1-7H3. The second-order valence-electron chi connectivity index (χ2n) is 6.04. The highest BCUT2D eigenvalue weighted by molar-refractivity contribution is 5.97. The van der Waals surface area contributed by atoms with Crippen molar-refractivity contribution in [3.8, 4) is 0 Å². The maximum atomic E-state index is 11.9. The fraction of sp³-hybridized carbons (Fsp3) is 0.917. The van der Waals surface area contributed by atoms with Gasteiger partial charge in [0.1, 0.15) is 5.78 Å². The molecule has 0 radical (unpaired) electrons. The number of carbonyl (C=O) groups excluding carboxylic acids is 1. The van der Waals surface area contributed by atoms with Crippen molar-refractivity contribution in [2.75, 3.05) is 7.11 Å². The van der Waals surface area contributed by atoms with Gasteiger partial charge in [-0.1, -0.05) is 27.7 Å². The summed E-state index contributed by atoms with van der Waals surface area (Å²) in [6.45, 7) is 11.4. The molecular formula is C12H22N2O2. The number of hydrogen-bond donors (Lipinski definition) is 0. The Morgan fingerprint density at radius 2 is 1.62 bits per heavy atom. The van der Waals surface area contributed by atoms with Gasteiger partial charge < -0.3 is 4.74 Å². The predicted octanol–water partition coefficient (Wildman–Crippen LogP) is 2.82. The van der Waals surface area contributed by atoms with E-state index in [2.05, 4.69) is 10.2 Å². The van der Waals surface area contributed by atoms with Crippen molar-refractivity contribution in [3.63, 3.8) is 0 Å². The van der Waals surface area contributed by atoms with Crippen LogP contribution in [-0.4, -0.2) is 24.7 Å². The van der Waals surface area contributed by atoms with Gasteiger partial charge in [-0.25, -0.2) is 0 Å². The van der Waals surface area contributed by atoms with E-state index in [1.807, 2.05) is 41.5 Å². The van der Waals surface area contributed by atoms with Crippen LogP contribution in [0.25, 0.3) is 0 Å². The summed E-state index contributed by atoms with van der Waals surface area (Å²) >= 11 is 0. The summed E-state index contributed by atoms with van der Waals surface area (Å²) in [4.78, 5) is 11.9. The highest BCUT2D eigenvalue weighted by atomic mass is 16.5. The van der Waals surface area contributed by atoms with Crippen LogP contribution in [0.4, 0.5) is 0 Å². The van der Waals surface area contributed by atoms with Gasteiger partial charge in [-0.3, -0.25) is 4.79 Å². The first-order valence-electron chi connectivity index (χ1n) is 5.58. The van der Waals surface area contributed by atoms with Crippen LogP contribution in [0.2, 0.25) is 0 Å². The van der Waals surface area contributed by atoms with Crippen LogP contribution in [0.1, 0.15) is 41.5 Å². The fourth-order valence-corrected chi connectivity index (χ4v) is 2.43. The topological polar surface area (TPSA) is 51.0 Å². The molecule has 0 atom stereocenters. The smallest absolute Gasteiger partial charge is 0.172 e. The number of azo groups is 1. The van der Waals surface area contributed by atoms with Gasteiger partial charge in [0, 0.05) is 17.9 Å². The molecule has 0 aromatic rings. The lowest BCUT2D eigenvalue weighted by Gasteiger charge is -2.52. The monoisotopic (exact) mass is 226 g/mol. The first-order chi connectivity index (χ1) is 7.05. The first-order valence-corrected chi connectivity index (χ1v) is 5.58. The van der Waals surface area contributed by atoms with Crippen molar-refractivity contribution in [3.05, 3.63) is 0 Å². The van der Waals surface area contributed by atoms with Crippen LogP contribution >= 0.6 is 0 Å². The lowest BCUT2D eigenvalue weighted by atomic mass is 9.51. The van der Waals surface area contributed by atoms with E-state index in [1.165, 1.54) is 0 Å². The molecule has 0 saturated heterocycles. The summed E-state index contributed by atoms with van der Waals surface area (Å²) in [6, 6.07) is -0.0677. The average molecular weight is 226 g/mol. The van der Waals surface area contributed by atoms with Crippen LogP contribution in [0.15, 0.2) is 10.2 Å². The van der Waals surface area contributed by atoms with E-state index in [0.29, 0.717) is 0 Å². The molecule has 1 rings (SSSR count). The second kappa shape index (κ2) is 3.62. The lowest BCUT2D eigenvalue weighted by molar-refractivity contribution is -0.156. The van der Waals surface area contributed by atoms with Crippen molar-refractivity contribution >= 4 is 5.78 Å². The number of rotatable bonds is 3. The Bertz CT molecular complexity index is 312. The molecule has 0 aromatic carbocycles. The number of ketones is 1. The number of ether oxygens (including phenoxy) is 1. The Morgan fingerprint density at radius 3 is 2.00 bits per heavy atom. The quantitative estimate of drug-likeness (QED) is 0.695. The number of nitrogens with zero attached hydrogens (tertiary/aromatic N) is 2. The molecule has 0 amide bonds. The van der Waals surface area contributed by atoms with Gasteiger partial charge in [-0.15, -0.1) is 0 Å². The second-order valence-corrected chi connectivity index (χ2v) is 6.04. The minimum absolute atomic E-state index is 0.0677. The van der Waals surface area contributed by atoms with Crippen molar-refractivity contribution in [2.45, 2.75) is 53.3 Å². The summed E-state index contributed by atoms with van der Waals surface area (Å²) in [5.74, 6) is 0.249. The third kappa shape index (κ3) is 1.90. The van der Waals surface area contributed by atoms with Crippen LogP contribution in [0.3, 0.4) is 0 Å². The van der Waals surface area contributed by atoms with Gasteiger partial charge in [-0.2, -0.15) is 10.2 Å². The molecule has 1 aliphatic rings. The number of hydrogen-bond acceptors (Lipinski definition) is 4. The Kier molecular flexibility index (Phi) is 3.01. The maximum Gasteiger partial charge on any atom is 0.172 e. The van der Waals surface area contributed by atoms with Crippen molar-refractivity contribution in [2.24, 2.45) is 21.1 Å². The normalized spacial score (nSPS) is 24.8. The van der Waals surface area contributed by atoms with Crippen LogP contribution < -0.4 is 0 Å². The lowest BCUT2D eigenvalue weighted by Crippen LogP contribution is -2.63. The number of carbonyl (C=O) groups is 1. The molecule has 0 N–H and O–H groups in total. The zero-order valence-electron chi connectivity index (χ0n) is 11.3. The first kappa shape index (κ1) is 13.3. The van der Waals surface area contributed by atoms with E-state index in [-0.39, 0.29) is 11.8 Å². The zero-order valence-corrected chi connectivity index (χ0v) is 11.3. The van der Waals surface area contributed by atoms with E-state index in [1.54, 1.807) is 7.11 Å². The largest absolute Gasteiger partial charge is 0.356 e. The van der Waals surface area contributed by atoms with E-state index in [4.69, 9.17) is 4.74 Å². The van der Waals surface area contributed by atoms with Crippen molar-refractivity contribution in [1.29, 1.82) is 0 Å². The minimum atomic E-state index is -0.620. The molecule has 1 fully saturated rings. The molecule has 0 spiro atoms. The molecule has 0 aliphatic heterocycles. The maximum absolute atomic E-state index is 11.9. The van der Waals surface area contributed by atoms with Crippen LogP contribution in [0, 0.1) is 10.8 Å².